The Morgan fingerprint density at radius 1 is 0.972 bits per heavy atom. The van der Waals surface area contributed by atoms with Crippen LogP contribution in [-0.2, 0) is 29.1 Å². The van der Waals surface area contributed by atoms with Crippen molar-refractivity contribution in [2.75, 3.05) is 7.11 Å². The lowest BCUT2D eigenvalue weighted by Crippen LogP contribution is -2.50. The summed E-state index contributed by atoms with van der Waals surface area (Å²) >= 11 is 0. The second kappa shape index (κ2) is 10.1. The maximum atomic E-state index is 14.0. The second-order valence-electron chi connectivity index (χ2n) is 8.86. The van der Waals surface area contributed by atoms with Crippen molar-refractivity contribution in [3.05, 3.63) is 119 Å². The highest BCUT2D eigenvalue weighted by molar-refractivity contribution is 5.91. The first-order chi connectivity index (χ1) is 17.6. The number of hydrogen-bond acceptors (Lipinski definition) is 4. The third-order valence-corrected chi connectivity index (χ3v) is 6.73. The summed E-state index contributed by atoms with van der Waals surface area (Å²) in [6.07, 6.45) is 1.90. The molecule has 3 aromatic carbocycles. The average Bonchev–Trinajstić information content (AvgIpc) is 3.31. The van der Waals surface area contributed by atoms with Crippen molar-refractivity contribution in [2.24, 2.45) is 0 Å². The summed E-state index contributed by atoms with van der Waals surface area (Å²) in [7, 11) is 1.63. The van der Waals surface area contributed by atoms with E-state index in [0.717, 1.165) is 33.8 Å². The van der Waals surface area contributed by atoms with E-state index in [0.29, 0.717) is 6.54 Å². The van der Waals surface area contributed by atoms with Crippen LogP contribution in [0.25, 0.3) is 0 Å². The largest absolute Gasteiger partial charge is 0.496 e. The van der Waals surface area contributed by atoms with Gasteiger partial charge >= 0.3 is 5.97 Å². The number of fused-ring (bicyclic) bond motifs is 1. The molecule has 5 rings (SSSR count). The van der Waals surface area contributed by atoms with Crippen molar-refractivity contribution >= 4 is 11.9 Å². The van der Waals surface area contributed by atoms with Crippen LogP contribution in [0.2, 0.25) is 0 Å². The molecule has 1 aliphatic rings. The first-order valence-corrected chi connectivity index (χ1v) is 11.8. The minimum atomic E-state index is -1.03. The number of ether oxygens (including phenoxy) is 1. The van der Waals surface area contributed by atoms with Gasteiger partial charge in [-0.25, -0.2) is 9.78 Å². The van der Waals surface area contributed by atoms with Gasteiger partial charge in [-0.3, -0.25) is 4.79 Å². The van der Waals surface area contributed by atoms with Gasteiger partial charge in [-0.1, -0.05) is 78.9 Å². The van der Waals surface area contributed by atoms with Gasteiger partial charge in [0.1, 0.15) is 11.8 Å². The molecule has 2 heterocycles. The molecular formula is C29H27N3O4. The molecule has 0 bridgehead atoms. The van der Waals surface area contributed by atoms with Crippen molar-refractivity contribution in [1.82, 2.24) is 14.5 Å². The Labute approximate surface area is 209 Å². The molecule has 1 N–H and O–H groups in total. The molecule has 7 nitrogen and oxygen atoms in total. The minimum absolute atomic E-state index is 0.139. The summed E-state index contributed by atoms with van der Waals surface area (Å²) in [6.45, 7) is 0.642. The third kappa shape index (κ3) is 4.47. The number of imidazole rings is 1. The van der Waals surface area contributed by atoms with Gasteiger partial charge in [0.05, 0.1) is 38.1 Å². The standard InChI is InChI=1S/C29H27N3O4/c1-36-26-15-9-8-14-22(26)17-31-19-30-23-18-32(25(29(34)35)16-24(23)31)28(33)27(20-10-4-2-5-11-20)21-12-6-3-7-13-21/h2-15,19,25,27H,16-18H2,1H3,(H,34,35)/t25-/m0/s1. The topological polar surface area (TPSA) is 84.7 Å². The van der Waals surface area contributed by atoms with Crippen LogP contribution in [0.1, 0.15) is 34.0 Å². The summed E-state index contributed by atoms with van der Waals surface area (Å²) in [6, 6.07) is 25.7. The van der Waals surface area contributed by atoms with Crippen LogP contribution in [0.3, 0.4) is 0 Å². The molecule has 0 spiro atoms. The Balaban J connectivity index is 1.49. The zero-order chi connectivity index (χ0) is 25.1. The Hall–Kier alpha value is -4.39. The van der Waals surface area contributed by atoms with Gasteiger partial charge in [0.25, 0.3) is 0 Å². The highest BCUT2D eigenvalue weighted by atomic mass is 16.5. The Morgan fingerprint density at radius 3 is 2.19 bits per heavy atom. The van der Waals surface area contributed by atoms with E-state index >= 15 is 0 Å². The number of benzene rings is 3. The summed E-state index contributed by atoms with van der Waals surface area (Å²) in [5.41, 5.74) is 4.17. The maximum Gasteiger partial charge on any atom is 0.326 e. The molecule has 0 unspecified atom stereocenters. The Morgan fingerprint density at radius 2 is 1.58 bits per heavy atom. The molecule has 0 aliphatic carbocycles. The van der Waals surface area contributed by atoms with Crippen molar-refractivity contribution in [3.8, 4) is 5.75 Å². The van der Waals surface area contributed by atoms with Crippen LogP contribution in [0, 0.1) is 0 Å². The number of carboxylic acids is 1. The number of methoxy groups -OCH3 is 1. The summed E-state index contributed by atoms with van der Waals surface area (Å²) < 4.78 is 7.43. The average molecular weight is 482 g/mol. The SMILES string of the molecule is COc1ccccc1Cn1cnc2c1C[C@@H](C(=O)O)N(C(=O)C(c1ccccc1)c1ccccc1)C2. The molecule has 0 fully saturated rings. The lowest BCUT2D eigenvalue weighted by molar-refractivity contribution is -0.151. The first kappa shape index (κ1) is 23.4. The van der Waals surface area contributed by atoms with E-state index in [-0.39, 0.29) is 18.9 Å². The minimum Gasteiger partial charge on any atom is -0.496 e. The highest BCUT2D eigenvalue weighted by Gasteiger charge is 2.40. The number of hydrogen-bond donors (Lipinski definition) is 1. The Bertz CT molecular complexity index is 1330. The molecule has 0 saturated heterocycles. The normalized spacial score (nSPS) is 14.9. The molecule has 1 atom stereocenters. The van der Waals surface area contributed by atoms with Crippen LogP contribution in [0.4, 0.5) is 0 Å². The maximum absolute atomic E-state index is 14.0. The molecule has 7 heteroatoms. The van der Waals surface area contributed by atoms with Crippen molar-refractivity contribution in [3.63, 3.8) is 0 Å². The molecule has 182 valence electrons. The van der Waals surface area contributed by atoms with Gasteiger partial charge in [-0.2, -0.15) is 0 Å². The number of carboxylic acid groups (broad SMARTS) is 1. The number of carbonyl (C=O) groups is 2. The number of carbonyl (C=O) groups excluding carboxylic acids is 1. The van der Waals surface area contributed by atoms with Gasteiger partial charge in [0.15, 0.2) is 0 Å². The Kier molecular flexibility index (Phi) is 6.54. The smallest absolute Gasteiger partial charge is 0.326 e. The number of aromatic nitrogens is 2. The number of para-hydroxylation sites is 1. The number of nitrogens with zero attached hydrogens (tertiary/aromatic N) is 3. The molecule has 4 aromatic rings. The van der Waals surface area contributed by atoms with E-state index in [1.807, 2.05) is 89.5 Å². The summed E-state index contributed by atoms with van der Waals surface area (Å²) in [5, 5.41) is 10.2. The van der Waals surface area contributed by atoms with E-state index in [1.54, 1.807) is 13.4 Å². The van der Waals surface area contributed by atoms with Crippen molar-refractivity contribution < 1.29 is 19.4 Å². The van der Waals surface area contributed by atoms with Gasteiger partial charge in [-0.15, -0.1) is 0 Å². The molecule has 0 radical (unpaired) electrons. The molecule has 1 amide bonds. The lowest BCUT2D eigenvalue weighted by Gasteiger charge is -2.35. The van der Waals surface area contributed by atoms with Crippen molar-refractivity contribution in [1.29, 1.82) is 0 Å². The molecule has 0 saturated carbocycles. The van der Waals surface area contributed by atoms with Gasteiger partial charge in [0.2, 0.25) is 5.91 Å². The van der Waals surface area contributed by atoms with Crippen molar-refractivity contribution in [2.45, 2.75) is 31.5 Å². The lowest BCUT2D eigenvalue weighted by atomic mass is 9.88. The fourth-order valence-corrected chi connectivity index (χ4v) is 4.92. The molecule has 1 aromatic heterocycles. The van der Waals surface area contributed by atoms with E-state index in [9.17, 15) is 14.7 Å². The third-order valence-electron chi connectivity index (χ3n) is 6.73. The quantitative estimate of drug-likeness (QED) is 0.430. The molecule has 1 aliphatic heterocycles. The number of amides is 1. The van der Waals surface area contributed by atoms with Gasteiger partial charge in [-0.05, 0) is 17.2 Å². The van der Waals surface area contributed by atoms with E-state index in [2.05, 4.69) is 4.98 Å². The van der Waals surface area contributed by atoms with Crippen LogP contribution in [0.5, 0.6) is 5.75 Å². The van der Waals surface area contributed by atoms with E-state index in [1.165, 1.54) is 4.90 Å². The van der Waals surface area contributed by atoms with E-state index in [4.69, 9.17) is 4.74 Å². The predicted octanol–water partition coefficient (Wildman–Crippen LogP) is 4.11. The molecular weight excluding hydrogens is 454 g/mol. The van der Waals surface area contributed by atoms with Gasteiger partial charge < -0.3 is 19.3 Å². The van der Waals surface area contributed by atoms with Crippen LogP contribution < -0.4 is 4.74 Å². The van der Waals surface area contributed by atoms with Gasteiger partial charge in [0, 0.05) is 17.7 Å². The fraction of sp³-hybridized carbons (Fsp3) is 0.207. The summed E-state index contributed by atoms with van der Waals surface area (Å²) in [4.78, 5) is 32.5. The molecule has 36 heavy (non-hydrogen) atoms. The zero-order valence-electron chi connectivity index (χ0n) is 19.9. The van der Waals surface area contributed by atoms with E-state index < -0.39 is 17.9 Å². The fourth-order valence-electron chi connectivity index (χ4n) is 4.92. The summed E-state index contributed by atoms with van der Waals surface area (Å²) in [5.74, 6) is -1.12. The van der Waals surface area contributed by atoms with Crippen LogP contribution in [-0.4, -0.2) is 44.6 Å². The predicted molar refractivity (Wildman–Crippen MR) is 135 cm³/mol. The zero-order valence-corrected chi connectivity index (χ0v) is 19.9. The number of aliphatic carboxylic acids is 1. The second-order valence-corrected chi connectivity index (χ2v) is 8.86. The monoisotopic (exact) mass is 481 g/mol. The van der Waals surface area contributed by atoms with Crippen LogP contribution in [0.15, 0.2) is 91.3 Å². The first-order valence-electron chi connectivity index (χ1n) is 11.8. The number of rotatable bonds is 7. The highest BCUT2D eigenvalue weighted by Crippen LogP contribution is 2.32. The van der Waals surface area contributed by atoms with Crippen LogP contribution >= 0.6 is 0 Å².